The molecule has 0 aliphatic carbocycles. The standard InChI is InChI=1S/C12H20BrN3/c1-4-14-6-7-16(5-2)12-11(13)8-10(3)9-15-12/h8-9,14H,4-7H2,1-3H3. The minimum absolute atomic E-state index is 0.972. The molecule has 1 aromatic rings. The van der Waals surface area contributed by atoms with Crippen LogP contribution >= 0.6 is 15.9 Å². The maximum absolute atomic E-state index is 4.48. The van der Waals surface area contributed by atoms with Gasteiger partial charge in [-0.15, -0.1) is 0 Å². The highest BCUT2D eigenvalue weighted by Gasteiger charge is 2.09. The molecule has 0 spiro atoms. The molecule has 0 bridgehead atoms. The van der Waals surface area contributed by atoms with Crippen LogP contribution in [-0.2, 0) is 0 Å². The van der Waals surface area contributed by atoms with Gasteiger partial charge in [0.1, 0.15) is 5.82 Å². The van der Waals surface area contributed by atoms with Gasteiger partial charge in [-0.2, -0.15) is 0 Å². The van der Waals surface area contributed by atoms with Gasteiger partial charge in [-0.1, -0.05) is 6.92 Å². The van der Waals surface area contributed by atoms with E-state index in [9.17, 15) is 0 Å². The lowest BCUT2D eigenvalue weighted by Crippen LogP contribution is -2.32. The first-order valence-electron chi connectivity index (χ1n) is 5.76. The van der Waals surface area contributed by atoms with Crippen molar-refractivity contribution in [3.8, 4) is 0 Å². The van der Waals surface area contributed by atoms with Gasteiger partial charge in [0.05, 0.1) is 4.47 Å². The van der Waals surface area contributed by atoms with Crippen molar-refractivity contribution in [2.75, 3.05) is 31.1 Å². The third-order valence-corrected chi connectivity index (χ3v) is 3.03. The number of hydrogen-bond acceptors (Lipinski definition) is 3. The van der Waals surface area contributed by atoms with Gasteiger partial charge < -0.3 is 10.2 Å². The predicted octanol–water partition coefficient (Wildman–Crippen LogP) is 2.59. The lowest BCUT2D eigenvalue weighted by molar-refractivity contribution is 0.683. The summed E-state index contributed by atoms with van der Waals surface area (Å²) in [7, 11) is 0. The first kappa shape index (κ1) is 13.5. The van der Waals surface area contributed by atoms with Crippen LogP contribution < -0.4 is 10.2 Å². The Kier molecular flexibility index (Phi) is 5.77. The van der Waals surface area contributed by atoms with Crippen molar-refractivity contribution in [2.45, 2.75) is 20.8 Å². The topological polar surface area (TPSA) is 28.2 Å². The van der Waals surface area contributed by atoms with E-state index in [1.807, 2.05) is 6.20 Å². The second kappa shape index (κ2) is 6.86. The Morgan fingerprint density at radius 3 is 2.75 bits per heavy atom. The summed E-state index contributed by atoms with van der Waals surface area (Å²) < 4.78 is 1.07. The number of likely N-dealkylation sites (N-methyl/N-ethyl adjacent to an activating group) is 2. The minimum Gasteiger partial charge on any atom is -0.355 e. The lowest BCUT2D eigenvalue weighted by atomic mass is 10.3. The first-order chi connectivity index (χ1) is 7.69. The Labute approximate surface area is 106 Å². The van der Waals surface area contributed by atoms with Crippen molar-refractivity contribution in [3.63, 3.8) is 0 Å². The normalized spacial score (nSPS) is 10.5. The van der Waals surface area contributed by atoms with Gasteiger partial charge in [-0.25, -0.2) is 4.98 Å². The fourth-order valence-corrected chi connectivity index (χ4v) is 2.28. The number of aromatic nitrogens is 1. The molecule has 0 unspecified atom stereocenters. The van der Waals surface area contributed by atoms with Gasteiger partial charge in [0.15, 0.2) is 0 Å². The van der Waals surface area contributed by atoms with E-state index in [0.717, 1.165) is 36.5 Å². The molecule has 0 aromatic carbocycles. The molecule has 90 valence electrons. The maximum atomic E-state index is 4.48. The summed E-state index contributed by atoms with van der Waals surface area (Å²) in [5, 5.41) is 3.33. The van der Waals surface area contributed by atoms with Crippen LogP contribution in [0.25, 0.3) is 0 Å². The van der Waals surface area contributed by atoms with Crippen LogP contribution in [0.4, 0.5) is 5.82 Å². The molecule has 0 fully saturated rings. The van der Waals surface area contributed by atoms with E-state index in [0.29, 0.717) is 0 Å². The van der Waals surface area contributed by atoms with Crippen molar-refractivity contribution in [2.24, 2.45) is 0 Å². The zero-order valence-electron chi connectivity index (χ0n) is 10.3. The number of pyridine rings is 1. The van der Waals surface area contributed by atoms with E-state index >= 15 is 0 Å². The smallest absolute Gasteiger partial charge is 0.142 e. The third-order valence-electron chi connectivity index (χ3n) is 2.45. The molecule has 1 rings (SSSR count). The summed E-state index contributed by atoms with van der Waals surface area (Å²) in [4.78, 5) is 6.75. The molecular weight excluding hydrogens is 266 g/mol. The fraction of sp³-hybridized carbons (Fsp3) is 0.583. The number of nitrogens with one attached hydrogen (secondary N) is 1. The Bertz CT molecular complexity index is 328. The minimum atomic E-state index is 0.972. The van der Waals surface area contributed by atoms with Crippen LogP contribution in [0.5, 0.6) is 0 Å². The van der Waals surface area contributed by atoms with E-state index < -0.39 is 0 Å². The van der Waals surface area contributed by atoms with Gasteiger partial charge in [0, 0.05) is 25.8 Å². The Morgan fingerprint density at radius 1 is 1.44 bits per heavy atom. The zero-order chi connectivity index (χ0) is 12.0. The third kappa shape index (κ3) is 3.76. The molecular formula is C12H20BrN3. The van der Waals surface area contributed by atoms with Crippen LogP contribution in [-0.4, -0.2) is 31.2 Å². The summed E-state index contributed by atoms with van der Waals surface area (Å²) in [6.45, 7) is 10.3. The number of halogens is 1. The van der Waals surface area contributed by atoms with Crippen molar-refractivity contribution < 1.29 is 0 Å². The molecule has 4 heteroatoms. The van der Waals surface area contributed by atoms with Gasteiger partial charge in [-0.05, 0) is 48.0 Å². The largest absolute Gasteiger partial charge is 0.355 e. The van der Waals surface area contributed by atoms with Crippen LogP contribution in [0, 0.1) is 6.92 Å². The predicted molar refractivity (Wildman–Crippen MR) is 73.1 cm³/mol. The number of hydrogen-bond donors (Lipinski definition) is 1. The van der Waals surface area contributed by atoms with E-state index in [2.05, 4.69) is 58.0 Å². The molecule has 0 amide bonds. The zero-order valence-corrected chi connectivity index (χ0v) is 11.8. The molecule has 16 heavy (non-hydrogen) atoms. The van der Waals surface area contributed by atoms with E-state index in [-0.39, 0.29) is 0 Å². The van der Waals surface area contributed by atoms with Crippen LogP contribution in [0.15, 0.2) is 16.7 Å². The molecule has 0 saturated heterocycles. The van der Waals surface area contributed by atoms with E-state index in [1.54, 1.807) is 0 Å². The van der Waals surface area contributed by atoms with Crippen LogP contribution in [0.3, 0.4) is 0 Å². The molecule has 0 aliphatic heterocycles. The molecule has 0 atom stereocenters. The quantitative estimate of drug-likeness (QED) is 0.815. The number of anilines is 1. The maximum Gasteiger partial charge on any atom is 0.142 e. The molecule has 0 saturated carbocycles. The van der Waals surface area contributed by atoms with E-state index in [1.165, 1.54) is 5.56 Å². The monoisotopic (exact) mass is 285 g/mol. The second-order valence-electron chi connectivity index (χ2n) is 3.75. The average molecular weight is 286 g/mol. The summed E-state index contributed by atoms with van der Waals surface area (Å²) in [6, 6.07) is 2.11. The van der Waals surface area contributed by atoms with Crippen LogP contribution in [0.1, 0.15) is 19.4 Å². The Balaban J connectivity index is 2.70. The van der Waals surface area contributed by atoms with Crippen molar-refractivity contribution in [1.29, 1.82) is 0 Å². The number of rotatable bonds is 6. The summed E-state index contributed by atoms with van der Waals surface area (Å²) in [5.74, 6) is 1.03. The highest BCUT2D eigenvalue weighted by atomic mass is 79.9. The molecule has 1 N–H and O–H groups in total. The Hall–Kier alpha value is -0.610. The highest BCUT2D eigenvalue weighted by molar-refractivity contribution is 9.10. The van der Waals surface area contributed by atoms with Gasteiger partial charge in [0.2, 0.25) is 0 Å². The average Bonchev–Trinajstić information content (AvgIpc) is 2.26. The molecule has 3 nitrogen and oxygen atoms in total. The Morgan fingerprint density at radius 2 is 2.19 bits per heavy atom. The molecule has 1 aromatic heterocycles. The fourth-order valence-electron chi connectivity index (χ4n) is 1.56. The lowest BCUT2D eigenvalue weighted by Gasteiger charge is -2.23. The van der Waals surface area contributed by atoms with Crippen molar-refractivity contribution in [1.82, 2.24) is 10.3 Å². The van der Waals surface area contributed by atoms with Gasteiger partial charge in [0.25, 0.3) is 0 Å². The second-order valence-corrected chi connectivity index (χ2v) is 4.61. The molecule has 1 heterocycles. The molecule has 0 aliphatic rings. The van der Waals surface area contributed by atoms with Gasteiger partial charge in [-0.3, -0.25) is 0 Å². The SMILES string of the molecule is CCNCCN(CC)c1ncc(C)cc1Br. The van der Waals surface area contributed by atoms with E-state index in [4.69, 9.17) is 0 Å². The summed E-state index contributed by atoms with van der Waals surface area (Å²) in [6.07, 6.45) is 1.91. The summed E-state index contributed by atoms with van der Waals surface area (Å²) in [5.41, 5.74) is 1.18. The van der Waals surface area contributed by atoms with Crippen molar-refractivity contribution in [3.05, 3.63) is 22.3 Å². The van der Waals surface area contributed by atoms with Crippen molar-refractivity contribution >= 4 is 21.7 Å². The summed E-state index contributed by atoms with van der Waals surface area (Å²) >= 11 is 3.57. The number of nitrogens with zero attached hydrogens (tertiary/aromatic N) is 2. The van der Waals surface area contributed by atoms with Crippen LogP contribution in [0.2, 0.25) is 0 Å². The first-order valence-corrected chi connectivity index (χ1v) is 6.56. The van der Waals surface area contributed by atoms with Gasteiger partial charge >= 0.3 is 0 Å². The number of aryl methyl sites for hydroxylation is 1. The molecule has 0 radical (unpaired) electrons. The highest BCUT2D eigenvalue weighted by Crippen LogP contribution is 2.23.